The van der Waals surface area contributed by atoms with Gasteiger partial charge in [-0.2, -0.15) is 0 Å². The van der Waals surface area contributed by atoms with Crippen molar-refractivity contribution in [3.05, 3.63) is 30.3 Å². The van der Waals surface area contributed by atoms with Crippen molar-refractivity contribution in [3.8, 4) is 0 Å². The lowest BCUT2D eigenvalue weighted by Crippen LogP contribution is -2.46. The summed E-state index contributed by atoms with van der Waals surface area (Å²) in [5, 5.41) is 0. The second kappa shape index (κ2) is 7.86. The summed E-state index contributed by atoms with van der Waals surface area (Å²) in [6, 6.07) is 8.43. The Morgan fingerprint density at radius 1 is 1.15 bits per heavy atom. The average Bonchev–Trinajstić information content (AvgIpc) is 2.86. The van der Waals surface area contributed by atoms with Crippen LogP contribution in [0.3, 0.4) is 0 Å². The van der Waals surface area contributed by atoms with Gasteiger partial charge in [0.05, 0.1) is 19.2 Å². The van der Waals surface area contributed by atoms with E-state index in [1.807, 2.05) is 35.2 Å². The van der Waals surface area contributed by atoms with Crippen LogP contribution >= 0.6 is 0 Å². The summed E-state index contributed by atoms with van der Waals surface area (Å²) in [4.78, 5) is 42.1. The van der Waals surface area contributed by atoms with Crippen LogP contribution in [0.1, 0.15) is 26.7 Å². The Morgan fingerprint density at radius 2 is 1.81 bits per heavy atom. The third-order valence-corrected chi connectivity index (χ3v) is 5.03. The first-order chi connectivity index (χ1) is 12.5. The van der Waals surface area contributed by atoms with Gasteiger partial charge < -0.3 is 4.74 Å². The number of rotatable bonds is 5. The summed E-state index contributed by atoms with van der Waals surface area (Å²) < 4.78 is 5.08. The van der Waals surface area contributed by atoms with Gasteiger partial charge in [-0.15, -0.1) is 0 Å². The molecule has 7 heteroatoms. The number of hydrogen-bond acceptors (Lipinski definition) is 5. The Balaban J connectivity index is 1.61. The van der Waals surface area contributed by atoms with Crippen molar-refractivity contribution in [1.82, 2.24) is 9.80 Å². The predicted molar refractivity (Wildman–Crippen MR) is 96.4 cm³/mol. The predicted octanol–water partition coefficient (Wildman–Crippen LogP) is 2.08. The van der Waals surface area contributed by atoms with E-state index >= 15 is 0 Å². The number of amides is 3. The average molecular weight is 359 g/mol. The lowest BCUT2D eigenvalue weighted by molar-refractivity contribution is -0.150. The zero-order valence-electron chi connectivity index (χ0n) is 15.3. The van der Waals surface area contributed by atoms with Gasteiger partial charge in [0.1, 0.15) is 6.04 Å². The number of carbonyl (C=O) groups is 3. The number of nitrogens with zero attached hydrogens (tertiary/aromatic N) is 3. The topological polar surface area (TPSA) is 70.2 Å². The van der Waals surface area contributed by atoms with Crippen LogP contribution in [-0.2, 0) is 14.3 Å². The van der Waals surface area contributed by atoms with E-state index in [1.165, 1.54) is 9.80 Å². The molecule has 0 bridgehead atoms. The van der Waals surface area contributed by atoms with Gasteiger partial charge >= 0.3 is 12.0 Å². The number of ether oxygens (including phenoxy) is 1. The molecule has 2 aliphatic rings. The lowest BCUT2D eigenvalue weighted by atomic mass is 9.97. The standard InChI is InChI=1S/C19H25N3O4/c1-3-26-18(24)15-9-11-20(12-10-15)13-21-17(23)14(2)22(19(21)25)16-7-5-4-6-8-16/h4-8,14-15H,3,9-13H2,1-2H3/t14-/m0/s1. The zero-order chi connectivity index (χ0) is 18.7. The fraction of sp³-hybridized carbons (Fsp3) is 0.526. The first-order valence-electron chi connectivity index (χ1n) is 9.11. The molecule has 7 nitrogen and oxygen atoms in total. The number of anilines is 1. The largest absolute Gasteiger partial charge is 0.466 e. The van der Waals surface area contributed by atoms with E-state index in [2.05, 4.69) is 0 Å². The van der Waals surface area contributed by atoms with Gasteiger partial charge in [-0.1, -0.05) is 18.2 Å². The molecule has 2 fully saturated rings. The molecule has 0 N–H and O–H groups in total. The van der Waals surface area contributed by atoms with Gasteiger partial charge in [0.15, 0.2) is 0 Å². The van der Waals surface area contributed by atoms with Gasteiger partial charge in [-0.3, -0.25) is 19.4 Å². The molecule has 0 aliphatic carbocycles. The van der Waals surface area contributed by atoms with E-state index in [1.54, 1.807) is 13.8 Å². The SMILES string of the molecule is CCOC(=O)C1CCN(CN2C(=O)[C@H](C)N(c3ccccc3)C2=O)CC1. The van der Waals surface area contributed by atoms with Crippen LogP contribution in [0.4, 0.5) is 10.5 Å². The summed E-state index contributed by atoms with van der Waals surface area (Å²) in [5.74, 6) is -0.424. The van der Waals surface area contributed by atoms with Crippen LogP contribution in [0.15, 0.2) is 30.3 Å². The number of hydrogen-bond donors (Lipinski definition) is 0. The van der Waals surface area contributed by atoms with Crippen LogP contribution < -0.4 is 4.90 Å². The van der Waals surface area contributed by atoms with Crippen molar-refractivity contribution in [1.29, 1.82) is 0 Å². The van der Waals surface area contributed by atoms with Crippen LogP contribution in [0, 0.1) is 5.92 Å². The molecule has 140 valence electrons. The molecule has 0 aromatic heterocycles. The highest BCUT2D eigenvalue weighted by Gasteiger charge is 2.44. The molecule has 2 saturated heterocycles. The Kier molecular flexibility index (Phi) is 5.56. The first-order valence-corrected chi connectivity index (χ1v) is 9.11. The van der Waals surface area contributed by atoms with Crippen molar-refractivity contribution >= 4 is 23.6 Å². The third kappa shape index (κ3) is 3.58. The fourth-order valence-electron chi connectivity index (χ4n) is 3.55. The minimum atomic E-state index is -0.512. The van der Waals surface area contributed by atoms with Crippen LogP contribution in [0.25, 0.3) is 0 Å². The van der Waals surface area contributed by atoms with Gasteiger partial charge in [0.25, 0.3) is 5.91 Å². The van der Waals surface area contributed by atoms with Gasteiger partial charge in [0, 0.05) is 18.8 Å². The highest BCUT2D eigenvalue weighted by molar-refractivity contribution is 6.14. The number of imide groups is 1. The molecule has 3 rings (SSSR count). The highest BCUT2D eigenvalue weighted by atomic mass is 16.5. The Morgan fingerprint density at radius 3 is 2.42 bits per heavy atom. The van der Waals surface area contributed by atoms with E-state index in [0.29, 0.717) is 32.5 Å². The maximum absolute atomic E-state index is 12.8. The molecule has 2 heterocycles. The highest BCUT2D eigenvalue weighted by Crippen LogP contribution is 2.26. The number of piperidine rings is 1. The number of para-hydroxylation sites is 1. The molecule has 1 aromatic carbocycles. The monoisotopic (exact) mass is 359 g/mol. The Hall–Kier alpha value is -2.41. The van der Waals surface area contributed by atoms with Crippen molar-refractivity contribution in [2.24, 2.45) is 5.92 Å². The number of urea groups is 1. The smallest absolute Gasteiger partial charge is 0.333 e. The summed E-state index contributed by atoms with van der Waals surface area (Å²) in [7, 11) is 0. The van der Waals surface area contributed by atoms with Crippen molar-refractivity contribution in [2.45, 2.75) is 32.7 Å². The second-order valence-electron chi connectivity index (χ2n) is 6.72. The number of likely N-dealkylation sites (tertiary alicyclic amines) is 1. The van der Waals surface area contributed by atoms with Crippen LogP contribution in [0.2, 0.25) is 0 Å². The quantitative estimate of drug-likeness (QED) is 0.595. The van der Waals surface area contributed by atoms with Crippen LogP contribution in [-0.4, -0.2) is 60.1 Å². The van der Waals surface area contributed by atoms with E-state index in [-0.39, 0.29) is 30.5 Å². The first kappa shape index (κ1) is 18.4. The van der Waals surface area contributed by atoms with E-state index < -0.39 is 6.04 Å². The molecule has 0 unspecified atom stereocenters. The normalized spacial score (nSPS) is 22.2. The van der Waals surface area contributed by atoms with E-state index in [4.69, 9.17) is 4.74 Å². The molecule has 2 aliphatic heterocycles. The lowest BCUT2D eigenvalue weighted by Gasteiger charge is -2.32. The summed E-state index contributed by atoms with van der Waals surface area (Å²) in [6.45, 7) is 5.54. The number of benzene rings is 1. The fourth-order valence-corrected chi connectivity index (χ4v) is 3.55. The maximum atomic E-state index is 12.8. The van der Waals surface area contributed by atoms with Gasteiger partial charge in [-0.25, -0.2) is 9.69 Å². The maximum Gasteiger partial charge on any atom is 0.333 e. The minimum absolute atomic E-state index is 0.0871. The minimum Gasteiger partial charge on any atom is -0.466 e. The van der Waals surface area contributed by atoms with E-state index in [9.17, 15) is 14.4 Å². The van der Waals surface area contributed by atoms with E-state index in [0.717, 1.165) is 5.69 Å². The Labute approximate surface area is 153 Å². The molecule has 1 aromatic rings. The summed E-state index contributed by atoms with van der Waals surface area (Å²) in [5.41, 5.74) is 0.724. The number of carbonyl (C=O) groups excluding carboxylic acids is 3. The van der Waals surface area contributed by atoms with Crippen molar-refractivity contribution in [3.63, 3.8) is 0 Å². The molecular weight excluding hydrogens is 334 g/mol. The van der Waals surface area contributed by atoms with Gasteiger partial charge in [0.2, 0.25) is 0 Å². The Bertz CT molecular complexity index is 671. The van der Waals surface area contributed by atoms with Crippen molar-refractivity contribution in [2.75, 3.05) is 31.3 Å². The molecule has 3 amide bonds. The summed E-state index contributed by atoms with van der Waals surface area (Å²) in [6.07, 6.45) is 1.38. The molecular formula is C19H25N3O4. The molecule has 1 atom stereocenters. The van der Waals surface area contributed by atoms with Gasteiger partial charge in [-0.05, 0) is 38.8 Å². The molecule has 0 saturated carbocycles. The zero-order valence-corrected chi connectivity index (χ0v) is 15.3. The number of esters is 1. The van der Waals surface area contributed by atoms with Crippen molar-refractivity contribution < 1.29 is 19.1 Å². The van der Waals surface area contributed by atoms with Crippen LogP contribution in [0.5, 0.6) is 0 Å². The summed E-state index contributed by atoms with van der Waals surface area (Å²) >= 11 is 0. The molecule has 0 radical (unpaired) electrons. The molecule has 0 spiro atoms. The third-order valence-electron chi connectivity index (χ3n) is 5.03. The molecule has 26 heavy (non-hydrogen) atoms. The second-order valence-corrected chi connectivity index (χ2v) is 6.72.